The van der Waals surface area contributed by atoms with Crippen molar-refractivity contribution < 1.29 is 22.6 Å². The summed E-state index contributed by atoms with van der Waals surface area (Å²) in [7, 11) is -0.468. The quantitative estimate of drug-likeness (QED) is 0.131. The highest BCUT2D eigenvalue weighted by Gasteiger charge is 2.29. The van der Waals surface area contributed by atoms with Crippen molar-refractivity contribution in [1.82, 2.24) is 14.7 Å². The van der Waals surface area contributed by atoms with E-state index < -0.39 is 10.0 Å². The number of benzene rings is 3. The fourth-order valence-corrected chi connectivity index (χ4v) is 8.87. The molecule has 12 nitrogen and oxygen atoms in total. The molecule has 0 spiro atoms. The molecule has 7 rings (SSSR count). The summed E-state index contributed by atoms with van der Waals surface area (Å²) in [5.41, 5.74) is 5.26. The van der Waals surface area contributed by atoms with E-state index in [9.17, 15) is 8.42 Å². The van der Waals surface area contributed by atoms with E-state index in [1.165, 1.54) is 0 Å². The zero-order valence-electron chi connectivity index (χ0n) is 30.7. The van der Waals surface area contributed by atoms with Gasteiger partial charge in [-0.1, -0.05) is 49.6 Å². The first-order chi connectivity index (χ1) is 25.8. The maximum Gasteiger partial charge on any atom is 0.242 e. The minimum Gasteiger partial charge on any atom is -0.496 e. The molecule has 0 unspecified atom stereocenters. The number of para-hydroxylation sites is 1. The zero-order valence-corrected chi connectivity index (χ0v) is 31.5. The number of rotatable bonds is 13. The summed E-state index contributed by atoms with van der Waals surface area (Å²) >= 11 is 0. The molecule has 0 atom stereocenters. The second-order valence-corrected chi connectivity index (χ2v) is 15.3. The highest BCUT2D eigenvalue weighted by molar-refractivity contribution is 7.89. The minimum atomic E-state index is -3.80. The van der Waals surface area contributed by atoms with E-state index in [0.29, 0.717) is 61.6 Å². The first-order valence-electron chi connectivity index (χ1n) is 18.5. The maximum absolute atomic E-state index is 13.8. The van der Waals surface area contributed by atoms with Crippen LogP contribution in [0.25, 0.3) is 6.08 Å². The summed E-state index contributed by atoms with van der Waals surface area (Å²) in [6.45, 7) is 6.32. The number of hydrogen-bond acceptors (Lipinski definition) is 11. The topological polar surface area (TPSA) is 130 Å². The minimum absolute atomic E-state index is 0.0645. The van der Waals surface area contributed by atoms with E-state index in [2.05, 4.69) is 43.4 Å². The van der Waals surface area contributed by atoms with Gasteiger partial charge in [-0.15, -0.1) is 0 Å². The molecule has 3 heterocycles. The van der Waals surface area contributed by atoms with Crippen LogP contribution in [0.15, 0.2) is 71.6 Å². The normalized spacial score (nSPS) is 16.5. The van der Waals surface area contributed by atoms with Crippen molar-refractivity contribution in [2.75, 3.05) is 67.5 Å². The number of anilines is 6. The Hall–Kier alpha value is -4.85. The Morgan fingerprint density at radius 3 is 2.45 bits per heavy atom. The van der Waals surface area contributed by atoms with Crippen molar-refractivity contribution in [3.63, 3.8) is 0 Å². The monoisotopic (exact) mass is 739 g/mol. The number of allylic oxidation sites excluding steroid dienone is 1. The van der Waals surface area contributed by atoms with Gasteiger partial charge in [-0.25, -0.2) is 13.1 Å². The van der Waals surface area contributed by atoms with Crippen LogP contribution in [0.1, 0.15) is 55.7 Å². The van der Waals surface area contributed by atoms with Gasteiger partial charge in [-0.05, 0) is 68.1 Å². The van der Waals surface area contributed by atoms with E-state index in [1.807, 2.05) is 43.3 Å². The molecular formula is C40H49N7O5S. The van der Waals surface area contributed by atoms with E-state index in [4.69, 9.17) is 24.2 Å². The predicted molar refractivity (Wildman–Crippen MR) is 211 cm³/mol. The standard InChI is InChI=1S/C40H49N7O5S/c1-4-10-29-25-28(15-18-35(29)50-2)27-47-20-19-32-38(41-34-13-8-9-14-37(34)53(48,49)45-30-11-6-5-7-12-30)43-40(44-39(32)47)42-33-17-16-31(26-36(33)51-3)46-21-23-52-24-22-46/h4,8-10,13-18,25-26,30,45H,5-7,11-12,19-24,27H2,1-3H3,(H2,41,42,43,44)/b10-4-. The van der Waals surface area contributed by atoms with Gasteiger partial charge in [0, 0.05) is 55.1 Å². The van der Waals surface area contributed by atoms with Gasteiger partial charge in [0.2, 0.25) is 16.0 Å². The maximum atomic E-state index is 13.8. The van der Waals surface area contributed by atoms with Crippen LogP contribution in [0.3, 0.4) is 0 Å². The first kappa shape index (κ1) is 36.5. The molecular weight excluding hydrogens is 691 g/mol. The number of hydrogen-bond donors (Lipinski definition) is 3. The molecule has 1 aromatic heterocycles. The number of nitrogens with zero attached hydrogens (tertiary/aromatic N) is 4. The molecule has 3 aliphatic rings. The Kier molecular flexibility index (Phi) is 11.3. The van der Waals surface area contributed by atoms with Gasteiger partial charge in [0.25, 0.3) is 0 Å². The lowest BCUT2D eigenvalue weighted by Gasteiger charge is -2.29. The molecule has 2 aliphatic heterocycles. The summed E-state index contributed by atoms with van der Waals surface area (Å²) in [6, 6.07) is 19.2. The Bertz CT molecular complexity index is 2050. The number of morpholine rings is 1. The van der Waals surface area contributed by atoms with Gasteiger partial charge in [-0.2, -0.15) is 9.97 Å². The molecule has 3 aromatic carbocycles. The van der Waals surface area contributed by atoms with Gasteiger partial charge < -0.3 is 34.6 Å². The van der Waals surface area contributed by atoms with Gasteiger partial charge in [0.05, 0.1) is 38.8 Å². The van der Waals surface area contributed by atoms with Crippen LogP contribution in [-0.4, -0.2) is 71.5 Å². The van der Waals surface area contributed by atoms with Gasteiger partial charge in [-0.3, -0.25) is 0 Å². The lowest BCUT2D eigenvalue weighted by Crippen LogP contribution is -2.36. The third kappa shape index (κ3) is 8.37. The lowest BCUT2D eigenvalue weighted by molar-refractivity contribution is 0.122. The van der Waals surface area contributed by atoms with Crippen LogP contribution in [-0.2, 0) is 27.7 Å². The molecule has 0 radical (unpaired) electrons. The first-order valence-corrected chi connectivity index (χ1v) is 19.9. The summed E-state index contributed by atoms with van der Waals surface area (Å²) in [5.74, 6) is 3.16. The molecule has 280 valence electrons. The Morgan fingerprint density at radius 2 is 1.68 bits per heavy atom. The molecule has 0 amide bonds. The number of nitrogens with one attached hydrogen (secondary N) is 3. The highest BCUT2D eigenvalue weighted by atomic mass is 32.2. The average Bonchev–Trinajstić information content (AvgIpc) is 3.58. The molecule has 1 saturated carbocycles. The highest BCUT2D eigenvalue weighted by Crippen LogP contribution is 2.38. The number of methoxy groups -OCH3 is 2. The van der Waals surface area contributed by atoms with Gasteiger partial charge in [0.1, 0.15) is 28.0 Å². The molecule has 0 bridgehead atoms. The van der Waals surface area contributed by atoms with Crippen molar-refractivity contribution in [3.05, 3.63) is 83.4 Å². The van der Waals surface area contributed by atoms with Gasteiger partial charge >= 0.3 is 0 Å². The molecule has 2 fully saturated rings. The molecule has 3 N–H and O–H groups in total. The van der Waals surface area contributed by atoms with Crippen LogP contribution >= 0.6 is 0 Å². The van der Waals surface area contributed by atoms with Gasteiger partial charge in [0.15, 0.2) is 0 Å². The van der Waals surface area contributed by atoms with E-state index in [-0.39, 0.29) is 10.9 Å². The second kappa shape index (κ2) is 16.4. The second-order valence-electron chi connectivity index (χ2n) is 13.6. The van der Waals surface area contributed by atoms with Crippen LogP contribution in [0.4, 0.5) is 34.6 Å². The van der Waals surface area contributed by atoms with Crippen LogP contribution < -0.4 is 34.6 Å². The summed E-state index contributed by atoms with van der Waals surface area (Å²) < 4.78 is 47.5. The van der Waals surface area contributed by atoms with Crippen molar-refractivity contribution in [1.29, 1.82) is 0 Å². The van der Waals surface area contributed by atoms with E-state index in [0.717, 1.165) is 79.1 Å². The Labute approximate surface area is 312 Å². The van der Waals surface area contributed by atoms with Crippen LogP contribution in [0, 0.1) is 0 Å². The third-order valence-corrected chi connectivity index (χ3v) is 11.7. The van der Waals surface area contributed by atoms with Crippen molar-refractivity contribution in [2.24, 2.45) is 0 Å². The molecule has 13 heteroatoms. The number of sulfonamides is 1. The third-order valence-electron chi connectivity index (χ3n) is 10.1. The predicted octanol–water partition coefficient (Wildman–Crippen LogP) is 7.02. The average molecular weight is 740 g/mol. The fourth-order valence-electron chi connectivity index (χ4n) is 7.40. The Balaban J connectivity index is 1.24. The SMILES string of the molecule is C/C=C\c1cc(CN2CCc3c(Nc4ccccc4S(=O)(=O)NC4CCCCC4)nc(Nc4ccc(N5CCOCC5)cc4OC)nc32)ccc1OC. The largest absolute Gasteiger partial charge is 0.496 e. The van der Waals surface area contributed by atoms with Crippen molar-refractivity contribution in [3.8, 4) is 11.5 Å². The molecule has 1 saturated heterocycles. The van der Waals surface area contributed by atoms with Crippen LogP contribution in [0.5, 0.6) is 11.5 Å². The van der Waals surface area contributed by atoms with Crippen LogP contribution in [0.2, 0.25) is 0 Å². The molecule has 4 aromatic rings. The lowest BCUT2D eigenvalue weighted by atomic mass is 9.96. The van der Waals surface area contributed by atoms with Crippen molar-refractivity contribution in [2.45, 2.75) is 62.9 Å². The summed E-state index contributed by atoms with van der Waals surface area (Å²) in [4.78, 5) is 14.8. The Morgan fingerprint density at radius 1 is 0.887 bits per heavy atom. The molecule has 53 heavy (non-hydrogen) atoms. The van der Waals surface area contributed by atoms with E-state index in [1.54, 1.807) is 32.4 Å². The number of ether oxygens (including phenoxy) is 3. The zero-order chi connectivity index (χ0) is 36.8. The summed E-state index contributed by atoms with van der Waals surface area (Å²) in [5, 5.41) is 6.86. The number of fused-ring (bicyclic) bond motifs is 1. The number of aromatic nitrogens is 2. The van der Waals surface area contributed by atoms with Crippen molar-refractivity contribution >= 4 is 50.7 Å². The van der Waals surface area contributed by atoms with E-state index >= 15 is 0 Å². The summed E-state index contributed by atoms with van der Waals surface area (Å²) in [6.07, 6.45) is 9.62. The smallest absolute Gasteiger partial charge is 0.242 e. The molecule has 1 aliphatic carbocycles. The fraction of sp³-hybridized carbons (Fsp3) is 0.400.